The molecule has 0 aliphatic rings. The predicted octanol–water partition coefficient (Wildman–Crippen LogP) is 2.14. The molecule has 0 saturated heterocycles. The van der Waals surface area contributed by atoms with Crippen LogP contribution in [0.1, 0.15) is 12.5 Å². The van der Waals surface area contributed by atoms with Crippen LogP contribution < -0.4 is 15.2 Å². The molecule has 0 aliphatic heterocycles. The molecule has 1 rings (SSSR count). The molecule has 4 heteroatoms. The first kappa shape index (κ1) is 12.3. The van der Waals surface area contributed by atoms with Gasteiger partial charge < -0.3 is 15.2 Å². The van der Waals surface area contributed by atoms with Crippen molar-refractivity contribution in [3.05, 3.63) is 29.1 Å². The van der Waals surface area contributed by atoms with Crippen LogP contribution in [-0.4, -0.2) is 20.3 Å². The summed E-state index contributed by atoms with van der Waals surface area (Å²) in [6, 6.07) is 3.54. The van der Waals surface area contributed by atoms with Gasteiger partial charge in [-0.1, -0.05) is 0 Å². The smallest absolute Gasteiger partial charge is 0.231 e. The Morgan fingerprint density at radius 1 is 1.31 bits per heavy atom. The maximum Gasteiger partial charge on any atom is 0.231 e. The molecule has 4 nitrogen and oxygen atoms in total. The molecule has 0 fully saturated rings. The molecule has 0 heterocycles. The Morgan fingerprint density at radius 3 is 2.38 bits per heavy atom. The lowest BCUT2D eigenvalue weighted by Crippen LogP contribution is -2.18. The fourth-order valence-electron chi connectivity index (χ4n) is 1.54. The number of rotatable bonds is 4. The van der Waals surface area contributed by atoms with Gasteiger partial charge in [0, 0.05) is 6.04 Å². The van der Waals surface area contributed by atoms with Crippen LogP contribution in [0.3, 0.4) is 0 Å². The highest BCUT2D eigenvalue weighted by Gasteiger charge is 2.12. The van der Waals surface area contributed by atoms with Gasteiger partial charge in [0.05, 0.1) is 20.8 Å². The van der Waals surface area contributed by atoms with Gasteiger partial charge in [0.1, 0.15) is 11.5 Å². The molecule has 16 heavy (non-hydrogen) atoms. The van der Waals surface area contributed by atoms with E-state index in [2.05, 4.69) is 4.85 Å². The number of hydrogen-bond acceptors (Lipinski definition) is 3. The minimum atomic E-state index is 0.0393. The van der Waals surface area contributed by atoms with Crippen LogP contribution in [0.5, 0.6) is 11.5 Å². The minimum Gasteiger partial charge on any atom is -0.508 e. The van der Waals surface area contributed by atoms with Crippen LogP contribution in [-0.2, 0) is 6.42 Å². The average molecular weight is 220 g/mol. The van der Waals surface area contributed by atoms with Crippen molar-refractivity contribution < 1.29 is 9.47 Å². The Bertz CT molecular complexity index is 408. The molecular formula is C12H16N2O2. The quantitative estimate of drug-likeness (QED) is 0.791. The van der Waals surface area contributed by atoms with Gasteiger partial charge in [0.15, 0.2) is 0 Å². The van der Waals surface area contributed by atoms with E-state index in [4.69, 9.17) is 21.8 Å². The number of ether oxygens (including phenoxy) is 2. The fraction of sp³-hybridized carbons (Fsp3) is 0.417. The van der Waals surface area contributed by atoms with Gasteiger partial charge in [-0.3, -0.25) is 0 Å². The minimum absolute atomic E-state index is 0.0393. The molecule has 1 atom stereocenters. The van der Waals surface area contributed by atoms with Crippen molar-refractivity contribution in [2.24, 2.45) is 5.73 Å². The molecule has 0 saturated carbocycles. The maximum atomic E-state index is 7.04. The topological polar surface area (TPSA) is 48.8 Å². The van der Waals surface area contributed by atoms with Gasteiger partial charge in [-0.05, 0) is 31.0 Å². The summed E-state index contributed by atoms with van der Waals surface area (Å²) >= 11 is 0. The van der Waals surface area contributed by atoms with E-state index in [1.165, 1.54) is 0 Å². The van der Waals surface area contributed by atoms with Crippen LogP contribution in [0, 0.1) is 6.57 Å². The standard InChI is InChI=1S/C12H16N2O2/c1-8(13)5-9-6-12(16-4)10(14-2)7-11(9)15-3/h6-8H,5,13H2,1,3-4H3. The van der Waals surface area contributed by atoms with Gasteiger partial charge in [-0.15, -0.1) is 0 Å². The van der Waals surface area contributed by atoms with Crippen molar-refractivity contribution >= 4 is 5.69 Å². The normalized spacial score (nSPS) is 11.7. The summed E-state index contributed by atoms with van der Waals surface area (Å²) in [5.41, 5.74) is 7.16. The molecule has 0 aliphatic carbocycles. The Labute approximate surface area is 95.8 Å². The van der Waals surface area contributed by atoms with Crippen LogP contribution in [0.4, 0.5) is 5.69 Å². The Morgan fingerprint density at radius 2 is 1.94 bits per heavy atom. The molecular weight excluding hydrogens is 204 g/mol. The average Bonchev–Trinajstić information content (AvgIpc) is 2.27. The highest BCUT2D eigenvalue weighted by atomic mass is 16.5. The van der Waals surface area contributed by atoms with Crippen molar-refractivity contribution in [2.75, 3.05) is 14.2 Å². The first-order valence-corrected chi connectivity index (χ1v) is 5.00. The third kappa shape index (κ3) is 2.65. The molecule has 1 aromatic rings. The monoisotopic (exact) mass is 220 g/mol. The van der Waals surface area contributed by atoms with E-state index in [-0.39, 0.29) is 6.04 Å². The Kier molecular flexibility index (Phi) is 4.15. The Hall–Kier alpha value is -1.73. The second-order valence-corrected chi connectivity index (χ2v) is 3.63. The number of hydrogen-bond donors (Lipinski definition) is 1. The second-order valence-electron chi connectivity index (χ2n) is 3.63. The van der Waals surface area contributed by atoms with Crippen LogP contribution in [0.15, 0.2) is 12.1 Å². The van der Waals surface area contributed by atoms with Crippen molar-refractivity contribution in [2.45, 2.75) is 19.4 Å². The van der Waals surface area contributed by atoms with E-state index in [1.54, 1.807) is 20.3 Å². The van der Waals surface area contributed by atoms with Crippen LogP contribution >= 0.6 is 0 Å². The van der Waals surface area contributed by atoms with E-state index < -0.39 is 0 Å². The van der Waals surface area contributed by atoms with Gasteiger partial charge in [0.2, 0.25) is 5.69 Å². The van der Waals surface area contributed by atoms with E-state index in [9.17, 15) is 0 Å². The highest BCUT2D eigenvalue weighted by Crippen LogP contribution is 2.35. The van der Waals surface area contributed by atoms with Gasteiger partial charge in [0.25, 0.3) is 0 Å². The molecule has 0 spiro atoms. The molecule has 0 amide bonds. The van der Waals surface area contributed by atoms with Crippen molar-refractivity contribution in [1.29, 1.82) is 0 Å². The summed E-state index contributed by atoms with van der Waals surface area (Å²) in [6.45, 7) is 8.96. The summed E-state index contributed by atoms with van der Waals surface area (Å²) in [5, 5.41) is 0. The SMILES string of the molecule is [C-]#[N+]c1cc(OC)c(CC(C)N)cc1OC. The summed E-state index contributed by atoms with van der Waals surface area (Å²) in [6.07, 6.45) is 0.692. The predicted molar refractivity (Wildman–Crippen MR) is 63.2 cm³/mol. The number of nitrogens with zero attached hydrogens (tertiary/aromatic N) is 1. The highest BCUT2D eigenvalue weighted by molar-refractivity contribution is 5.63. The van der Waals surface area contributed by atoms with Gasteiger partial charge in [-0.25, -0.2) is 4.85 Å². The van der Waals surface area contributed by atoms with Crippen molar-refractivity contribution in [1.82, 2.24) is 0 Å². The summed E-state index contributed by atoms with van der Waals surface area (Å²) in [7, 11) is 3.13. The van der Waals surface area contributed by atoms with Crippen molar-refractivity contribution in [3.63, 3.8) is 0 Å². The molecule has 2 N–H and O–H groups in total. The number of benzene rings is 1. The van der Waals surface area contributed by atoms with Crippen molar-refractivity contribution in [3.8, 4) is 11.5 Å². The second kappa shape index (κ2) is 5.38. The summed E-state index contributed by atoms with van der Waals surface area (Å²) in [4.78, 5) is 3.38. The molecule has 1 aromatic carbocycles. The first-order valence-electron chi connectivity index (χ1n) is 5.00. The molecule has 0 radical (unpaired) electrons. The number of nitrogens with two attached hydrogens (primary N) is 1. The molecule has 0 aromatic heterocycles. The summed E-state index contributed by atoms with van der Waals surface area (Å²) < 4.78 is 10.4. The van der Waals surface area contributed by atoms with E-state index in [1.807, 2.05) is 13.0 Å². The fourth-order valence-corrected chi connectivity index (χ4v) is 1.54. The lowest BCUT2D eigenvalue weighted by atomic mass is 10.1. The van der Waals surface area contributed by atoms with E-state index in [0.717, 1.165) is 5.56 Å². The van der Waals surface area contributed by atoms with E-state index in [0.29, 0.717) is 23.6 Å². The Balaban J connectivity index is 3.21. The molecule has 86 valence electrons. The van der Waals surface area contributed by atoms with Gasteiger partial charge in [-0.2, -0.15) is 0 Å². The van der Waals surface area contributed by atoms with Crippen LogP contribution in [0.25, 0.3) is 4.85 Å². The zero-order chi connectivity index (χ0) is 12.1. The molecule has 0 bridgehead atoms. The third-order valence-electron chi connectivity index (χ3n) is 2.24. The van der Waals surface area contributed by atoms with E-state index >= 15 is 0 Å². The summed E-state index contributed by atoms with van der Waals surface area (Å²) in [5.74, 6) is 1.25. The first-order chi connectivity index (χ1) is 7.62. The lowest BCUT2D eigenvalue weighted by Gasteiger charge is -2.13. The largest absolute Gasteiger partial charge is 0.508 e. The lowest BCUT2D eigenvalue weighted by molar-refractivity contribution is 0.399. The zero-order valence-corrected chi connectivity index (χ0v) is 9.78. The van der Waals surface area contributed by atoms with Crippen LogP contribution in [0.2, 0.25) is 0 Å². The number of methoxy groups -OCH3 is 2. The molecule has 1 unspecified atom stereocenters. The maximum absolute atomic E-state index is 7.04. The third-order valence-corrected chi connectivity index (χ3v) is 2.24. The van der Waals surface area contributed by atoms with Gasteiger partial charge >= 0.3 is 0 Å². The zero-order valence-electron chi connectivity index (χ0n) is 9.78.